The number of thiophene rings is 1. The zero-order chi connectivity index (χ0) is 15.3. The lowest BCUT2D eigenvalue weighted by Gasteiger charge is -2.05. The summed E-state index contributed by atoms with van der Waals surface area (Å²) in [5.41, 5.74) is 0.436. The van der Waals surface area contributed by atoms with Crippen LogP contribution in [-0.2, 0) is 16.6 Å². The van der Waals surface area contributed by atoms with Crippen molar-refractivity contribution in [3.63, 3.8) is 0 Å². The molecule has 0 radical (unpaired) electrons. The fourth-order valence-corrected chi connectivity index (χ4v) is 3.95. The lowest BCUT2D eigenvalue weighted by atomic mass is 10.3. The molecule has 0 atom stereocenters. The third kappa shape index (κ3) is 4.62. The molecular formula is C13H11BrN2O3S2. The van der Waals surface area contributed by atoms with Gasteiger partial charge < -0.3 is 5.11 Å². The standard InChI is InChI=1S/C13H11BrN2O3S2/c14-11-5-12(20-9-11)7-16-21(18,19)13-4-10(2-1-3-17)6-15-8-13/h4-6,8-9,16-17H,3,7H2. The van der Waals surface area contributed by atoms with Gasteiger partial charge in [-0.3, -0.25) is 4.98 Å². The Morgan fingerprint density at radius 1 is 1.38 bits per heavy atom. The number of aromatic nitrogens is 1. The van der Waals surface area contributed by atoms with Gasteiger partial charge in [-0.05, 0) is 28.1 Å². The van der Waals surface area contributed by atoms with E-state index in [0.717, 1.165) is 9.35 Å². The summed E-state index contributed by atoms with van der Waals surface area (Å²) in [6.45, 7) is -0.0758. The molecule has 110 valence electrons. The van der Waals surface area contributed by atoms with Crippen LogP contribution in [0.1, 0.15) is 10.4 Å². The Bertz CT molecular complexity index is 791. The second kappa shape index (κ2) is 7.15. The van der Waals surface area contributed by atoms with Crippen molar-refractivity contribution in [1.82, 2.24) is 9.71 Å². The highest BCUT2D eigenvalue weighted by molar-refractivity contribution is 9.10. The van der Waals surface area contributed by atoms with Gasteiger partial charge in [0.25, 0.3) is 0 Å². The molecule has 0 saturated carbocycles. The van der Waals surface area contributed by atoms with Gasteiger partial charge in [-0.2, -0.15) is 0 Å². The van der Waals surface area contributed by atoms with Crippen LogP contribution in [-0.4, -0.2) is 25.1 Å². The lowest BCUT2D eigenvalue weighted by Crippen LogP contribution is -2.23. The highest BCUT2D eigenvalue weighted by Gasteiger charge is 2.15. The minimum absolute atomic E-state index is 0.0443. The van der Waals surface area contributed by atoms with Crippen LogP contribution >= 0.6 is 27.3 Å². The molecule has 2 rings (SSSR count). The number of hydrogen-bond donors (Lipinski definition) is 2. The van der Waals surface area contributed by atoms with E-state index >= 15 is 0 Å². The van der Waals surface area contributed by atoms with Crippen molar-refractivity contribution in [3.8, 4) is 11.8 Å². The summed E-state index contributed by atoms with van der Waals surface area (Å²) >= 11 is 4.78. The summed E-state index contributed by atoms with van der Waals surface area (Å²) in [6, 6.07) is 3.27. The normalized spacial score (nSPS) is 11.0. The topological polar surface area (TPSA) is 79.3 Å². The van der Waals surface area contributed by atoms with Crippen LogP contribution in [0.3, 0.4) is 0 Å². The minimum atomic E-state index is -3.65. The molecule has 5 nitrogen and oxygen atoms in total. The summed E-state index contributed by atoms with van der Waals surface area (Å²) in [7, 11) is -3.65. The molecule has 0 fully saturated rings. The average Bonchev–Trinajstić information content (AvgIpc) is 2.89. The Hall–Kier alpha value is -1.24. The lowest BCUT2D eigenvalue weighted by molar-refractivity contribution is 0.350. The molecule has 0 unspecified atom stereocenters. The van der Waals surface area contributed by atoms with Gasteiger partial charge in [0, 0.05) is 39.2 Å². The van der Waals surface area contributed by atoms with Gasteiger partial charge >= 0.3 is 0 Å². The third-order valence-electron chi connectivity index (χ3n) is 2.39. The van der Waals surface area contributed by atoms with E-state index in [-0.39, 0.29) is 18.0 Å². The van der Waals surface area contributed by atoms with Gasteiger partial charge in [-0.25, -0.2) is 13.1 Å². The first-order valence-electron chi connectivity index (χ1n) is 5.78. The average molecular weight is 387 g/mol. The highest BCUT2D eigenvalue weighted by Crippen LogP contribution is 2.20. The Kier molecular flexibility index (Phi) is 5.50. The van der Waals surface area contributed by atoms with E-state index in [4.69, 9.17) is 5.11 Å². The van der Waals surface area contributed by atoms with Crippen molar-refractivity contribution in [2.45, 2.75) is 11.4 Å². The van der Waals surface area contributed by atoms with E-state index in [1.807, 2.05) is 11.4 Å². The molecule has 2 aromatic rings. The second-order valence-electron chi connectivity index (χ2n) is 3.92. The molecule has 21 heavy (non-hydrogen) atoms. The van der Waals surface area contributed by atoms with Crippen LogP contribution in [0.25, 0.3) is 0 Å². The van der Waals surface area contributed by atoms with Crippen LogP contribution in [0.15, 0.2) is 39.3 Å². The maximum Gasteiger partial charge on any atom is 0.242 e. The van der Waals surface area contributed by atoms with Crippen LogP contribution < -0.4 is 4.72 Å². The van der Waals surface area contributed by atoms with Crippen LogP contribution in [0.5, 0.6) is 0 Å². The quantitative estimate of drug-likeness (QED) is 0.784. The largest absolute Gasteiger partial charge is 0.384 e. The van der Waals surface area contributed by atoms with Gasteiger partial charge in [0.1, 0.15) is 11.5 Å². The number of pyridine rings is 1. The zero-order valence-electron chi connectivity index (χ0n) is 10.7. The van der Waals surface area contributed by atoms with Crippen LogP contribution in [0.2, 0.25) is 0 Å². The fourth-order valence-electron chi connectivity index (χ4n) is 1.47. The number of aliphatic hydroxyl groups is 1. The van der Waals surface area contributed by atoms with Crippen LogP contribution in [0, 0.1) is 11.8 Å². The maximum atomic E-state index is 12.2. The van der Waals surface area contributed by atoms with Gasteiger partial charge in [-0.1, -0.05) is 11.8 Å². The summed E-state index contributed by atoms with van der Waals surface area (Å²) < 4.78 is 27.8. The van der Waals surface area contributed by atoms with E-state index in [0.29, 0.717) is 5.56 Å². The SMILES string of the molecule is O=S(=O)(NCc1cc(Br)cs1)c1cncc(C#CCO)c1. The zero-order valence-corrected chi connectivity index (χ0v) is 13.9. The van der Waals surface area contributed by atoms with E-state index in [9.17, 15) is 8.42 Å². The highest BCUT2D eigenvalue weighted by atomic mass is 79.9. The molecule has 0 saturated heterocycles. The number of rotatable bonds is 4. The second-order valence-corrected chi connectivity index (χ2v) is 7.60. The number of aliphatic hydroxyl groups excluding tert-OH is 1. The molecule has 0 aliphatic heterocycles. The van der Waals surface area contributed by atoms with Crippen LogP contribution in [0.4, 0.5) is 0 Å². The minimum Gasteiger partial charge on any atom is -0.384 e. The molecule has 0 aromatic carbocycles. The fraction of sp³-hybridized carbons (Fsp3) is 0.154. The van der Waals surface area contributed by atoms with E-state index in [1.165, 1.54) is 29.8 Å². The molecule has 8 heteroatoms. The Morgan fingerprint density at radius 2 is 2.19 bits per heavy atom. The van der Waals surface area contributed by atoms with Crippen molar-refractivity contribution in [2.75, 3.05) is 6.61 Å². The van der Waals surface area contributed by atoms with Crippen molar-refractivity contribution < 1.29 is 13.5 Å². The first kappa shape index (κ1) is 16.1. The third-order valence-corrected chi connectivity index (χ3v) is 5.46. The summed E-state index contributed by atoms with van der Waals surface area (Å²) in [4.78, 5) is 4.80. The number of hydrogen-bond acceptors (Lipinski definition) is 5. The van der Waals surface area contributed by atoms with Crippen molar-refractivity contribution in [3.05, 3.63) is 44.8 Å². The number of sulfonamides is 1. The molecule has 0 aliphatic rings. The first-order valence-corrected chi connectivity index (χ1v) is 8.94. The Balaban J connectivity index is 2.15. The smallest absolute Gasteiger partial charge is 0.242 e. The van der Waals surface area contributed by atoms with Gasteiger partial charge in [0.05, 0.1) is 0 Å². The summed E-state index contributed by atoms with van der Waals surface area (Å²) in [5, 5.41) is 10.5. The van der Waals surface area contributed by atoms with E-state index < -0.39 is 10.0 Å². The number of nitrogens with zero attached hydrogens (tertiary/aromatic N) is 1. The molecule has 2 N–H and O–H groups in total. The number of nitrogens with one attached hydrogen (secondary N) is 1. The first-order chi connectivity index (χ1) is 10.0. The monoisotopic (exact) mass is 386 g/mol. The molecule has 2 aromatic heterocycles. The molecule has 2 heterocycles. The molecule has 0 spiro atoms. The predicted molar refractivity (Wildman–Crippen MR) is 84.2 cm³/mol. The van der Waals surface area contributed by atoms with Gasteiger partial charge in [0.2, 0.25) is 10.0 Å². The van der Waals surface area contributed by atoms with Crippen molar-refractivity contribution in [1.29, 1.82) is 0 Å². The van der Waals surface area contributed by atoms with Crippen molar-refractivity contribution >= 4 is 37.3 Å². The van der Waals surface area contributed by atoms with E-state index in [2.05, 4.69) is 37.5 Å². The van der Waals surface area contributed by atoms with E-state index in [1.54, 1.807) is 0 Å². The summed E-state index contributed by atoms with van der Waals surface area (Å²) in [5.74, 6) is 5.08. The molecular weight excluding hydrogens is 376 g/mol. The molecule has 0 amide bonds. The maximum absolute atomic E-state index is 12.2. The van der Waals surface area contributed by atoms with Gasteiger partial charge in [-0.15, -0.1) is 11.3 Å². The van der Waals surface area contributed by atoms with Gasteiger partial charge in [0.15, 0.2) is 0 Å². The predicted octanol–water partition coefficient (Wildman–Crippen LogP) is 1.73. The Labute approximate surface area is 135 Å². The molecule has 0 aliphatic carbocycles. The van der Waals surface area contributed by atoms with Crippen molar-refractivity contribution in [2.24, 2.45) is 0 Å². The number of halogens is 1. The molecule has 0 bridgehead atoms. The summed E-state index contributed by atoms with van der Waals surface area (Å²) in [6.07, 6.45) is 2.70. The Morgan fingerprint density at radius 3 is 2.86 bits per heavy atom.